The molecular formula is C14H12Cl2N2OS. The Labute approximate surface area is 131 Å². The average molecular weight is 327 g/mol. The van der Waals surface area contributed by atoms with E-state index in [9.17, 15) is 4.79 Å². The lowest BCUT2D eigenvalue weighted by atomic mass is 10.2. The van der Waals surface area contributed by atoms with Crippen LogP contribution in [0.5, 0.6) is 0 Å². The number of hydrogen-bond donors (Lipinski definition) is 2. The predicted molar refractivity (Wildman–Crippen MR) is 84.8 cm³/mol. The Balaban J connectivity index is 2.25. The van der Waals surface area contributed by atoms with Crippen molar-refractivity contribution in [2.45, 2.75) is 9.79 Å². The number of halogens is 2. The highest BCUT2D eigenvalue weighted by molar-refractivity contribution is 7.99. The second-order valence-corrected chi connectivity index (χ2v) is 5.94. The average Bonchev–Trinajstić information content (AvgIpc) is 2.44. The summed E-state index contributed by atoms with van der Waals surface area (Å²) in [7, 11) is 1.58. The van der Waals surface area contributed by atoms with Gasteiger partial charge in [0, 0.05) is 28.1 Å². The van der Waals surface area contributed by atoms with E-state index in [1.807, 2.05) is 12.1 Å². The molecule has 2 aromatic carbocycles. The SMILES string of the molecule is CNC(=O)c1ccc(Sc2ccc(Cl)c(Cl)c2)c(N)c1. The van der Waals surface area contributed by atoms with Crippen molar-refractivity contribution in [1.82, 2.24) is 5.32 Å². The molecule has 3 nitrogen and oxygen atoms in total. The molecule has 0 unspecified atom stereocenters. The zero-order chi connectivity index (χ0) is 14.7. The van der Waals surface area contributed by atoms with E-state index >= 15 is 0 Å². The topological polar surface area (TPSA) is 55.1 Å². The standard InChI is InChI=1S/C14H12Cl2N2OS/c1-18-14(19)8-2-5-13(12(17)6-8)20-9-3-4-10(15)11(16)7-9/h2-7H,17H2,1H3,(H,18,19). The lowest BCUT2D eigenvalue weighted by Gasteiger charge is -2.08. The molecule has 0 saturated carbocycles. The molecule has 20 heavy (non-hydrogen) atoms. The van der Waals surface area contributed by atoms with Gasteiger partial charge in [0.1, 0.15) is 0 Å². The smallest absolute Gasteiger partial charge is 0.251 e. The van der Waals surface area contributed by atoms with Crippen molar-refractivity contribution < 1.29 is 4.79 Å². The second kappa shape index (κ2) is 6.39. The number of benzene rings is 2. The quantitative estimate of drug-likeness (QED) is 0.835. The van der Waals surface area contributed by atoms with Gasteiger partial charge in [-0.2, -0.15) is 0 Å². The normalized spacial score (nSPS) is 10.3. The summed E-state index contributed by atoms with van der Waals surface area (Å²) in [5.74, 6) is -0.164. The first kappa shape index (κ1) is 15.0. The van der Waals surface area contributed by atoms with Crippen LogP contribution in [0.15, 0.2) is 46.2 Å². The van der Waals surface area contributed by atoms with Crippen LogP contribution in [0.1, 0.15) is 10.4 Å². The monoisotopic (exact) mass is 326 g/mol. The highest BCUT2D eigenvalue weighted by Gasteiger charge is 2.08. The molecule has 1 amide bonds. The zero-order valence-electron chi connectivity index (χ0n) is 10.6. The number of carbonyl (C=O) groups excluding carboxylic acids is 1. The number of nitrogens with one attached hydrogen (secondary N) is 1. The van der Waals surface area contributed by atoms with Crippen molar-refractivity contribution in [2.24, 2.45) is 0 Å². The minimum atomic E-state index is -0.164. The van der Waals surface area contributed by atoms with Gasteiger partial charge in [0.2, 0.25) is 0 Å². The summed E-state index contributed by atoms with van der Waals surface area (Å²) >= 11 is 13.3. The van der Waals surface area contributed by atoms with E-state index < -0.39 is 0 Å². The maximum Gasteiger partial charge on any atom is 0.251 e. The molecule has 3 N–H and O–H groups in total. The summed E-state index contributed by atoms with van der Waals surface area (Å²) in [5.41, 5.74) is 7.04. The molecule has 0 aliphatic carbocycles. The fourth-order valence-electron chi connectivity index (χ4n) is 1.59. The van der Waals surface area contributed by atoms with Crippen LogP contribution < -0.4 is 11.1 Å². The Hall–Kier alpha value is -1.36. The fraction of sp³-hybridized carbons (Fsp3) is 0.0714. The zero-order valence-corrected chi connectivity index (χ0v) is 12.9. The molecule has 0 saturated heterocycles. The van der Waals surface area contributed by atoms with Crippen LogP contribution in [0.25, 0.3) is 0 Å². The fourth-order valence-corrected chi connectivity index (χ4v) is 2.84. The maximum absolute atomic E-state index is 11.5. The molecule has 6 heteroatoms. The van der Waals surface area contributed by atoms with Crippen molar-refractivity contribution in [3.05, 3.63) is 52.0 Å². The molecule has 0 aliphatic heterocycles. The first-order chi connectivity index (χ1) is 9.51. The number of carbonyl (C=O) groups is 1. The van der Waals surface area contributed by atoms with E-state index in [1.165, 1.54) is 11.8 Å². The van der Waals surface area contributed by atoms with Gasteiger partial charge in [-0.1, -0.05) is 35.0 Å². The Kier molecular flexibility index (Phi) is 4.81. The number of hydrogen-bond acceptors (Lipinski definition) is 3. The van der Waals surface area contributed by atoms with Crippen molar-refractivity contribution in [2.75, 3.05) is 12.8 Å². The molecule has 0 radical (unpaired) electrons. The lowest BCUT2D eigenvalue weighted by Crippen LogP contribution is -2.17. The van der Waals surface area contributed by atoms with Crippen molar-refractivity contribution >= 4 is 46.6 Å². The molecule has 0 aromatic heterocycles. The van der Waals surface area contributed by atoms with Gasteiger partial charge < -0.3 is 11.1 Å². The van der Waals surface area contributed by atoms with E-state index in [0.717, 1.165) is 9.79 Å². The highest BCUT2D eigenvalue weighted by atomic mass is 35.5. The van der Waals surface area contributed by atoms with Crippen LogP contribution in [0.2, 0.25) is 10.0 Å². The number of rotatable bonds is 3. The van der Waals surface area contributed by atoms with Gasteiger partial charge >= 0.3 is 0 Å². The maximum atomic E-state index is 11.5. The van der Waals surface area contributed by atoms with E-state index in [-0.39, 0.29) is 5.91 Å². The third-order valence-corrected chi connectivity index (χ3v) is 4.44. The molecular weight excluding hydrogens is 315 g/mol. The Morgan fingerprint density at radius 3 is 2.50 bits per heavy atom. The third kappa shape index (κ3) is 3.39. The molecule has 0 spiro atoms. The molecule has 0 atom stereocenters. The second-order valence-electron chi connectivity index (χ2n) is 4.01. The van der Waals surface area contributed by atoms with Gasteiger partial charge in [0.25, 0.3) is 5.91 Å². The summed E-state index contributed by atoms with van der Waals surface area (Å²) in [6.45, 7) is 0. The Morgan fingerprint density at radius 1 is 1.15 bits per heavy atom. The molecule has 2 rings (SSSR count). The third-order valence-electron chi connectivity index (χ3n) is 2.62. The summed E-state index contributed by atoms with van der Waals surface area (Å²) in [6, 6.07) is 10.6. The highest BCUT2D eigenvalue weighted by Crippen LogP contribution is 2.35. The summed E-state index contributed by atoms with van der Waals surface area (Å²) in [5, 5.41) is 3.57. The predicted octanol–water partition coefficient (Wildman–Crippen LogP) is 4.09. The number of nitrogen functional groups attached to an aromatic ring is 1. The van der Waals surface area contributed by atoms with Gasteiger partial charge in [0.05, 0.1) is 10.0 Å². The molecule has 0 fully saturated rings. The minimum absolute atomic E-state index is 0.164. The van der Waals surface area contributed by atoms with E-state index in [2.05, 4.69) is 5.32 Å². The van der Waals surface area contributed by atoms with Crippen LogP contribution in [0.4, 0.5) is 5.69 Å². The number of nitrogens with two attached hydrogens (primary N) is 1. The van der Waals surface area contributed by atoms with Crippen LogP contribution >= 0.6 is 35.0 Å². The lowest BCUT2D eigenvalue weighted by molar-refractivity contribution is 0.0963. The van der Waals surface area contributed by atoms with Crippen LogP contribution in [0.3, 0.4) is 0 Å². The molecule has 0 heterocycles. The van der Waals surface area contributed by atoms with Crippen molar-refractivity contribution in [3.63, 3.8) is 0 Å². The minimum Gasteiger partial charge on any atom is -0.398 e. The number of amides is 1. The molecule has 0 aliphatic rings. The molecule has 2 aromatic rings. The van der Waals surface area contributed by atoms with Gasteiger partial charge in [-0.3, -0.25) is 4.79 Å². The summed E-state index contributed by atoms with van der Waals surface area (Å²) in [4.78, 5) is 13.3. The van der Waals surface area contributed by atoms with Gasteiger partial charge in [0.15, 0.2) is 0 Å². The Bertz CT molecular complexity index is 662. The van der Waals surface area contributed by atoms with Crippen LogP contribution in [-0.4, -0.2) is 13.0 Å². The molecule has 104 valence electrons. The van der Waals surface area contributed by atoms with Crippen molar-refractivity contribution in [3.8, 4) is 0 Å². The van der Waals surface area contributed by atoms with E-state index in [1.54, 1.807) is 31.3 Å². The number of anilines is 1. The Morgan fingerprint density at radius 2 is 1.90 bits per heavy atom. The summed E-state index contributed by atoms with van der Waals surface area (Å²) in [6.07, 6.45) is 0. The first-order valence-electron chi connectivity index (χ1n) is 5.76. The first-order valence-corrected chi connectivity index (χ1v) is 7.33. The largest absolute Gasteiger partial charge is 0.398 e. The van der Waals surface area contributed by atoms with Gasteiger partial charge in [-0.25, -0.2) is 0 Å². The van der Waals surface area contributed by atoms with Crippen LogP contribution in [-0.2, 0) is 0 Å². The van der Waals surface area contributed by atoms with E-state index in [4.69, 9.17) is 28.9 Å². The van der Waals surface area contributed by atoms with Gasteiger partial charge in [-0.15, -0.1) is 0 Å². The molecule has 0 bridgehead atoms. The summed E-state index contributed by atoms with van der Waals surface area (Å²) < 4.78 is 0. The van der Waals surface area contributed by atoms with E-state index in [0.29, 0.717) is 21.3 Å². The van der Waals surface area contributed by atoms with Crippen LogP contribution in [0, 0.1) is 0 Å². The van der Waals surface area contributed by atoms with Gasteiger partial charge in [-0.05, 0) is 36.4 Å². The van der Waals surface area contributed by atoms with Crippen molar-refractivity contribution in [1.29, 1.82) is 0 Å².